The van der Waals surface area contributed by atoms with Gasteiger partial charge in [0.2, 0.25) is 0 Å². The molecule has 0 radical (unpaired) electrons. The molecule has 1 aromatic rings. The SMILES string of the molecule is COc1cc(C(O)CN)c(F)cc1O. The van der Waals surface area contributed by atoms with Gasteiger partial charge in [0, 0.05) is 18.2 Å². The van der Waals surface area contributed by atoms with Gasteiger partial charge in [0.15, 0.2) is 11.5 Å². The van der Waals surface area contributed by atoms with Gasteiger partial charge in [-0.05, 0) is 6.07 Å². The number of aliphatic hydroxyl groups excluding tert-OH is 1. The van der Waals surface area contributed by atoms with Crippen LogP contribution in [0.2, 0.25) is 0 Å². The first kappa shape index (κ1) is 10.7. The number of hydrogen-bond acceptors (Lipinski definition) is 4. The second-order valence-corrected chi connectivity index (χ2v) is 2.80. The van der Waals surface area contributed by atoms with Crippen LogP contribution >= 0.6 is 0 Å². The highest BCUT2D eigenvalue weighted by molar-refractivity contribution is 5.43. The van der Waals surface area contributed by atoms with E-state index in [9.17, 15) is 14.6 Å². The van der Waals surface area contributed by atoms with E-state index >= 15 is 0 Å². The van der Waals surface area contributed by atoms with Gasteiger partial charge in [0.25, 0.3) is 0 Å². The lowest BCUT2D eigenvalue weighted by Crippen LogP contribution is -2.13. The highest BCUT2D eigenvalue weighted by Crippen LogP contribution is 2.31. The Morgan fingerprint density at radius 1 is 1.57 bits per heavy atom. The summed E-state index contributed by atoms with van der Waals surface area (Å²) >= 11 is 0. The summed E-state index contributed by atoms with van der Waals surface area (Å²) in [5.41, 5.74) is 5.20. The van der Waals surface area contributed by atoms with Gasteiger partial charge in [-0.2, -0.15) is 0 Å². The molecule has 0 saturated heterocycles. The molecule has 1 atom stereocenters. The molecule has 14 heavy (non-hydrogen) atoms. The molecule has 0 fully saturated rings. The van der Waals surface area contributed by atoms with Crippen molar-refractivity contribution in [2.75, 3.05) is 13.7 Å². The predicted octanol–water partition coefficient (Wildman–Crippen LogP) is 0.532. The van der Waals surface area contributed by atoms with Crippen molar-refractivity contribution in [3.05, 3.63) is 23.5 Å². The molecule has 1 rings (SSSR count). The van der Waals surface area contributed by atoms with Gasteiger partial charge >= 0.3 is 0 Å². The Balaban J connectivity index is 3.17. The van der Waals surface area contributed by atoms with Crippen molar-refractivity contribution in [1.29, 1.82) is 0 Å². The maximum atomic E-state index is 13.2. The molecule has 78 valence electrons. The highest BCUT2D eigenvalue weighted by atomic mass is 19.1. The van der Waals surface area contributed by atoms with E-state index in [0.717, 1.165) is 6.07 Å². The monoisotopic (exact) mass is 201 g/mol. The van der Waals surface area contributed by atoms with Crippen LogP contribution in [0.5, 0.6) is 11.5 Å². The summed E-state index contributed by atoms with van der Waals surface area (Å²) in [4.78, 5) is 0. The molecule has 0 bridgehead atoms. The summed E-state index contributed by atoms with van der Waals surface area (Å²) in [6, 6.07) is 2.11. The summed E-state index contributed by atoms with van der Waals surface area (Å²) in [5, 5.41) is 18.5. The van der Waals surface area contributed by atoms with Crippen LogP contribution in [0.1, 0.15) is 11.7 Å². The Labute approximate surface area is 80.7 Å². The van der Waals surface area contributed by atoms with Crippen LogP contribution in [0.3, 0.4) is 0 Å². The van der Waals surface area contributed by atoms with Gasteiger partial charge in [0.05, 0.1) is 13.2 Å². The zero-order valence-electron chi connectivity index (χ0n) is 7.70. The normalized spacial score (nSPS) is 12.6. The molecule has 1 aromatic carbocycles. The van der Waals surface area contributed by atoms with E-state index in [2.05, 4.69) is 0 Å². The van der Waals surface area contributed by atoms with Gasteiger partial charge in [-0.15, -0.1) is 0 Å². The van der Waals surface area contributed by atoms with Gasteiger partial charge < -0.3 is 20.7 Å². The molecule has 0 aromatic heterocycles. The number of aromatic hydroxyl groups is 1. The first-order chi connectivity index (χ1) is 6.60. The number of halogens is 1. The Kier molecular flexibility index (Phi) is 3.27. The maximum Gasteiger partial charge on any atom is 0.161 e. The third-order valence-corrected chi connectivity index (χ3v) is 1.88. The predicted molar refractivity (Wildman–Crippen MR) is 48.6 cm³/mol. The molecule has 0 aliphatic carbocycles. The number of phenolic OH excluding ortho intramolecular Hbond substituents is 1. The van der Waals surface area contributed by atoms with Crippen molar-refractivity contribution in [3.63, 3.8) is 0 Å². The van der Waals surface area contributed by atoms with Gasteiger partial charge in [-0.3, -0.25) is 0 Å². The van der Waals surface area contributed by atoms with Crippen molar-refractivity contribution in [3.8, 4) is 11.5 Å². The quantitative estimate of drug-likeness (QED) is 0.666. The van der Waals surface area contributed by atoms with Crippen LogP contribution in [0.4, 0.5) is 4.39 Å². The van der Waals surface area contributed by atoms with E-state index in [1.165, 1.54) is 13.2 Å². The average Bonchev–Trinajstić information content (AvgIpc) is 2.17. The molecule has 5 heteroatoms. The van der Waals surface area contributed by atoms with Crippen LogP contribution < -0.4 is 10.5 Å². The fourth-order valence-electron chi connectivity index (χ4n) is 1.10. The summed E-state index contributed by atoms with van der Waals surface area (Å²) in [6.07, 6.45) is -1.09. The molecular weight excluding hydrogens is 189 g/mol. The van der Waals surface area contributed by atoms with Crippen LogP contribution in [-0.2, 0) is 0 Å². The molecule has 0 aliphatic rings. The van der Waals surface area contributed by atoms with E-state index < -0.39 is 11.9 Å². The number of aliphatic hydroxyl groups is 1. The second-order valence-electron chi connectivity index (χ2n) is 2.80. The first-order valence-corrected chi connectivity index (χ1v) is 4.04. The number of benzene rings is 1. The number of nitrogens with two attached hydrogens (primary N) is 1. The van der Waals surface area contributed by atoms with Crippen LogP contribution in [-0.4, -0.2) is 23.9 Å². The smallest absolute Gasteiger partial charge is 0.161 e. The van der Waals surface area contributed by atoms with E-state index in [-0.39, 0.29) is 23.6 Å². The Bertz CT molecular complexity index is 330. The topological polar surface area (TPSA) is 75.7 Å². The Morgan fingerprint density at radius 2 is 2.21 bits per heavy atom. The van der Waals surface area contributed by atoms with Crippen LogP contribution in [0, 0.1) is 5.82 Å². The first-order valence-electron chi connectivity index (χ1n) is 4.04. The molecule has 1 unspecified atom stereocenters. The van der Waals surface area contributed by atoms with Crippen molar-refractivity contribution in [2.45, 2.75) is 6.10 Å². The molecule has 0 aliphatic heterocycles. The third kappa shape index (κ3) is 1.94. The maximum absolute atomic E-state index is 13.2. The number of phenols is 1. The summed E-state index contributed by atoms with van der Waals surface area (Å²) < 4.78 is 17.9. The number of methoxy groups -OCH3 is 1. The molecular formula is C9H12FNO3. The lowest BCUT2D eigenvalue weighted by atomic mass is 10.1. The molecule has 0 amide bonds. The molecule has 0 spiro atoms. The van der Waals surface area contributed by atoms with Crippen molar-refractivity contribution >= 4 is 0 Å². The minimum atomic E-state index is -1.09. The summed E-state index contributed by atoms with van der Waals surface area (Å²) in [6.45, 7) is -0.0924. The fourth-order valence-corrected chi connectivity index (χ4v) is 1.10. The van der Waals surface area contributed by atoms with E-state index in [1.807, 2.05) is 0 Å². The molecule has 4 N–H and O–H groups in total. The van der Waals surface area contributed by atoms with E-state index in [4.69, 9.17) is 10.5 Å². The number of rotatable bonds is 3. The van der Waals surface area contributed by atoms with Crippen LogP contribution in [0.25, 0.3) is 0 Å². The lowest BCUT2D eigenvalue weighted by molar-refractivity contribution is 0.181. The highest BCUT2D eigenvalue weighted by Gasteiger charge is 2.15. The van der Waals surface area contributed by atoms with Gasteiger partial charge in [0.1, 0.15) is 5.82 Å². The molecule has 0 heterocycles. The van der Waals surface area contributed by atoms with E-state index in [1.54, 1.807) is 0 Å². The van der Waals surface area contributed by atoms with Crippen molar-refractivity contribution in [2.24, 2.45) is 5.73 Å². The summed E-state index contributed by atoms with van der Waals surface area (Å²) in [7, 11) is 1.34. The zero-order chi connectivity index (χ0) is 10.7. The minimum absolute atomic E-state index is 0.0159. The fraction of sp³-hybridized carbons (Fsp3) is 0.333. The lowest BCUT2D eigenvalue weighted by Gasteiger charge is -2.11. The minimum Gasteiger partial charge on any atom is -0.504 e. The van der Waals surface area contributed by atoms with Crippen LogP contribution in [0.15, 0.2) is 12.1 Å². The van der Waals surface area contributed by atoms with Crippen molar-refractivity contribution in [1.82, 2.24) is 0 Å². The standard InChI is InChI=1S/C9H12FNO3/c1-14-9-2-5(8(13)4-11)6(10)3-7(9)12/h2-3,8,12-13H,4,11H2,1H3. The Hall–Kier alpha value is -1.33. The van der Waals surface area contributed by atoms with Gasteiger partial charge in [-0.25, -0.2) is 4.39 Å². The van der Waals surface area contributed by atoms with Crippen molar-refractivity contribution < 1.29 is 19.3 Å². The Morgan fingerprint density at radius 3 is 2.71 bits per heavy atom. The average molecular weight is 201 g/mol. The van der Waals surface area contributed by atoms with E-state index in [0.29, 0.717) is 0 Å². The summed E-state index contributed by atoms with van der Waals surface area (Å²) in [5.74, 6) is -0.909. The second kappa shape index (κ2) is 4.26. The molecule has 0 saturated carbocycles. The number of hydrogen-bond donors (Lipinski definition) is 3. The van der Waals surface area contributed by atoms with Gasteiger partial charge in [-0.1, -0.05) is 0 Å². The molecule has 4 nitrogen and oxygen atoms in total. The third-order valence-electron chi connectivity index (χ3n) is 1.88. The zero-order valence-corrected chi connectivity index (χ0v) is 7.70. The number of ether oxygens (including phenoxy) is 1. The largest absolute Gasteiger partial charge is 0.504 e.